The van der Waals surface area contributed by atoms with Gasteiger partial charge in [0, 0.05) is 6.04 Å². The van der Waals surface area contributed by atoms with Crippen molar-refractivity contribution in [1.29, 1.82) is 0 Å². The maximum absolute atomic E-state index is 11.5. The molecular weight excluding hydrogens is 222 g/mol. The van der Waals surface area contributed by atoms with Crippen LogP contribution < -0.4 is 10.4 Å². The second kappa shape index (κ2) is 6.59. The molecule has 5 nitrogen and oxygen atoms in total. The number of hydrogen-bond acceptors (Lipinski definition) is 4. The van der Waals surface area contributed by atoms with E-state index in [-0.39, 0.29) is 18.6 Å². The molecule has 1 saturated carbocycles. The van der Waals surface area contributed by atoms with E-state index >= 15 is 0 Å². The SMILES string of the molecule is C[C@@H]1[C@H](C)CCC[C@@H]1NC(=O)COCC(=O)[O-]. The van der Waals surface area contributed by atoms with Gasteiger partial charge in [-0.1, -0.05) is 26.7 Å². The van der Waals surface area contributed by atoms with Crippen LogP contribution >= 0.6 is 0 Å². The third-order valence-electron chi connectivity index (χ3n) is 3.51. The van der Waals surface area contributed by atoms with Gasteiger partial charge in [-0.15, -0.1) is 0 Å². The molecule has 0 heterocycles. The Morgan fingerprint density at radius 3 is 2.65 bits per heavy atom. The Bertz CT molecular complexity index is 280. The van der Waals surface area contributed by atoms with Crippen molar-refractivity contribution in [2.24, 2.45) is 11.8 Å². The molecule has 1 amide bonds. The summed E-state index contributed by atoms with van der Waals surface area (Å²) in [7, 11) is 0. The molecule has 0 aromatic carbocycles. The largest absolute Gasteiger partial charge is 0.548 e. The zero-order valence-corrected chi connectivity index (χ0v) is 10.4. The molecule has 17 heavy (non-hydrogen) atoms. The smallest absolute Gasteiger partial charge is 0.246 e. The third kappa shape index (κ3) is 4.73. The first-order chi connectivity index (χ1) is 8.00. The number of nitrogens with one attached hydrogen (secondary N) is 1. The molecule has 3 atom stereocenters. The fourth-order valence-corrected chi connectivity index (χ4v) is 2.26. The molecule has 5 heteroatoms. The highest BCUT2D eigenvalue weighted by atomic mass is 16.5. The van der Waals surface area contributed by atoms with Gasteiger partial charge in [-0.2, -0.15) is 0 Å². The number of carbonyl (C=O) groups excluding carboxylic acids is 2. The quantitative estimate of drug-likeness (QED) is 0.717. The molecule has 98 valence electrons. The van der Waals surface area contributed by atoms with Crippen LogP contribution in [0.1, 0.15) is 33.1 Å². The zero-order chi connectivity index (χ0) is 12.8. The van der Waals surface area contributed by atoms with E-state index in [1.807, 2.05) is 0 Å². The van der Waals surface area contributed by atoms with Crippen molar-refractivity contribution >= 4 is 11.9 Å². The first-order valence-electron chi connectivity index (χ1n) is 6.07. The number of ether oxygens (including phenoxy) is 1. The van der Waals surface area contributed by atoms with Gasteiger partial charge in [0.15, 0.2) is 0 Å². The predicted molar refractivity (Wildman–Crippen MR) is 59.9 cm³/mol. The van der Waals surface area contributed by atoms with Crippen molar-refractivity contribution in [2.75, 3.05) is 13.2 Å². The van der Waals surface area contributed by atoms with Gasteiger partial charge in [0.1, 0.15) is 6.61 Å². The summed E-state index contributed by atoms with van der Waals surface area (Å²) in [5.41, 5.74) is 0. The number of amides is 1. The molecule has 0 unspecified atom stereocenters. The monoisotopic (exact) mass is 242 g/mol. The maximum atomic E-state index is 11.5. The maximum Gasteiger partial charge on any atom is 0.246 e. The molecule has 0 saturated heterocycles. The lowest BCUT2D eigenvalue weighted by Crippen LogP contribution is -2.45. The van der Waals surface area contributed by atoms with Crippen LogP contribution in [-0.4, -0.2) is 31.1 Å². The average Bonchev–Trinajstić information content (AvgIpc) is 2.24. The molecule has 0 radical (unpaired) electrons. The average molecular weight is 242 g/mol. The zero-order valence-electron chi connectivity index (χ0n) is 10.4. The number of carbonyl (C=O) groups is 2. The van der Waals surface area contributed by atoms with Crippen LogP contribution in [0.25, 0.3) is 0 Å². The summed E-state index contributed by atoms with van der Waals surface area (Å²) in [5.74, 6) is -0.498. The van der Waals surface area contributed by atoms with E-state index in [2.05, 4.69) is 23.9 Å². The standard InChI is InChI=1S/C12H21NO4/c1-8-4-3-5-10(9(8)2)13-11(14)6-17-7-12(15)16/h8-10H,3-7H2,1-2H3,(H,13,14)(H,15,16)/p-1/t8-,9-,10+/m1/s1. The van der Waals surface area contributed by atoms with E-state index in [1.54, 1.807) is 0 Å². The van der Waals surface area contributed by atoms with E-state index < -0.39 is 12.6 Å². The van der Waals surface area contributed by atoms with E-state index in [0.29, 0.717) is 11.8 Å². The Morgan fingerprint density at radius 2 is 2.00 bits per heavy atom. The van der Waals surface area contributed by atoms with Gasteiger partial charge in [-0.25, -0.2) is 0 Å². The second-order valence-corrected chi connectivity index (χ2v) is 4.81. The topological polar surface area (TPSA) is 78.5 Å². The fraction of sp³-hybridized carbons (Fsp3) is 0.833. The van der Waals surface area contributed by atoms with Gasteiger partial charge < -0.3 is 20.0 Å². The Balaban J connectivity index is 2.27. The molecule has 0 bridgehead atoms. The lowest BCUT2D eigenvalue weighted by atomic mass is 9.78. The van der Waals surface area contributed by atoms with Crippen LogP contribution in [0.15, 0.2) is 0 Å². The van der Waals surface area contributed by atoms with E-state index in [0.717, 1.165) is 12.8 Å². The highest BCUT2D eigenvalue weighted by molar-refractivity contribution is 5.78. The summed E-state index contributed by atoms with van der Waals surface area (Å²) in [6, 6.07) is 0.179. The Morgan fingerprint density at radius 1 is 1.29 bits per heavy atom. The third-order valence-corrected chi connectivity index (χ3v) is 3.51. The number of aliphatic carboxylic acids is 1. The van der Waals surface area contributed by atoms with Crippen LogP contribution in [0.2, 0.25) is 0 Å². The van der Waals surface area contributed by atoms with Crippen LogP contribution in [0.3, 0.4) is 0 Å². The van der Waals surface area contributed by atoms with Gasteiger partial charge in [0.05, 0.1) is 12.6 Å². The van der Waals surface area contributed by atoms with Crippen molar-refractivity contribution in [3.8, 4) is 0 Å². The predicted octanol–water partition coefficient (Wildman–Crippen LogP) is -0.306. The molecule has 1 N–H and O–H groups in total. The minimum atomic E-state index is -1.31. The van der Waals surface area contributed by atoms with E-state index in [4.69, 9.17) is 0 Å². The van der Waals surface area contributed by atoms with Crippen LogP contribution in [0.4, 0.5) is 0 Å². The van der Waals surface area contributed by atoms with Crippen molar-refractivity contribution in [2.45, 2.75) is 39.2 Å². The first-order valence-corrected chi connectivity index (χ1v) is 6.07. The highest BCUT2D eigenvalue weighted by Crippen LogP contribution is 2.29. The van der Waals surface area contributed by atoms with Crippen molar-refractivity contribution in [3.63, 3.8) is 0 Å². The van der Waals surface area contributed by atoms with Gasteiger partial charge in [-0.3, -0.25) is 4.79 Å². The van der Waals surface area contributed by atoms with Crippen molar-refractivity contribution in [1.82, 2.24) is 5.32 Å². The normalized spacial score (nSPS) is 28.7. The lowest BCUT2D eigenvalue weighted by Gasteiger charge is -2.34. The molecule has 0 spiro atoms. The summed E-state index contributed by atoms with van der Waals surface area (Å²) in [6.07, 6.45) is 3.31. The van der Waals surface area contributed by atoms with Gasteiger partial charge >= 0.3 is 0 Å². The minimum Gasteiger partial charge on any atom is -0.548 e. The number of rotatable bonds is 5. The molecule has 0 aliphatic heterocycles. The fourth-order valence-electron chi connectivity index (χ4n) is 2.26. The second-order valence-electron chi connectivity index (χ2n) is 4.81. The number of hydrogen-bond donors (Lipinski definition) is 1. The van der Waals surface area contributed by atoms with E-state index in [9.17, 15) is 14.7 Å². The first kappa shape index (κ1) is 14.0. The van der Waals surface area contributed by atoms with Crippen molar-refractivity contribution in [3.05, 3.63) is 0 Å². The number of carboxylic acid groups (broad SMARTS) is 1. The Labute approximate surface area is 102 Å². The lowest BCUT2D eigenvalue weighted by molar-refractivity contribution is -0.309. The molecule has 1 aliphatic rings. The van der Waals surface area contributed by atoms with Gasteiger partial charge in [0.2, 0.25) is 5.91 Å². The summed E-state index contributed by atoms with van der Waals surface area (Å²) in [4.78, 5) is 21.6. The summed E-state index contributed by atoms with van der Waals surface area (Å²) in [5, 5.41) is 13.0. The Kier molecular flexibility index (Phi) is 5.41. The van der Waals surface area contributed by atoms with Gasteiger partial charge in [0.25, 0.3) is 0 Å². The molecule has 1 rings (SSSR count). The molecule has 0 aromatic rings. The van der Waals surface area contributed by atoms with Crippen LogP contribution in [0, 0.1) is 11.8 Å². The molecule has 1 fully saturated rings. The summed E-state index contributed by atoms with van der Waals surface area (Å²) >= 11 is 0. The minimum absolute atomic E-state index is 0.179. The van der Waals surface area contributed by atoms with Crippen molar-refractivity contribution < 1.29 is 19.4 Å². The van der Waals surface area contributed by atoms with Gasteiger partial charge in [-0.05, 0) is 18.3 Å². The van der Waals surface area contributed by atoms with Crippen LogP contribution in [-0.2, 0) is 14.3 Å². The highest BCUT2D eigenvalue weighted by Gasteiger charge is 2.27. The molecule has 1 aliphatic carbocycles. The Hall–Kier alpha value is -1.10. The van der Waals surface area contributed by atoms with Crippen LogP contribution in [0.5, 0.6) is 0 Å². The molecule has 0 aromatic heterocycles. The summed E-state index contributed by atoms with van der Waals surface area (Å²) < 4.78 is 4.69. The van der Waals surface area contributed by atoms with E-state index in [1.165, 1.54) is 6.42 Å². The summed E-state index contributed by atoms with van der Waals surface area (Å²) in [6.45, 7) is 3.57. The number of carboxylic acids is 1. The molecular formula is C12H20NO4-.